The Bertz CT molecular complexity index is 982. The summed E-state index contributed by atoms with van der Waals surface area (Å²) in [6, 6.07) is 4.89. The number of hydrogen-bond donors (Lipinski definition) is 2. The molecule has 2 atom stereocenters. The number of hydrogen-bond acceptors (Lipinski definition) is 5. The summed E-state index contributed by atoms with van der Waals surface area (Å²) in [6.45, 7) is 3.10. The summed E-state index contributed by atoms with van der Waals surface area (Å²) in [5, 5.41) is 12.9. The van der Waals surface area contributed by atoms with Crippen molar-refractivity contribution in [3.63, 3.8) is 0 Å². The number of carbonyl (C=O) groups excluding carboxylic acids is 1. The van der Waals surface area contributed by atoms with Crippen LogP contribution in [0.3, 0.4) is 0 Å². The van der Waals surface area contributed by atoms with Crippen LogP contribution in [0.15, 0.2) is 36.0 Å². The standard InChI is InChI=1S/C19H20FN5OS/c1-11-5-12(3-4-16(11)20)17-10-27-19(23-17)24-18(26)15-8-21-7-14(15)13-6-22-25(2)9-13/h3-6,9-10,14-15,21H,7-8H2,1-2H3,(H,23,24,26)/t14-,15+/m1/s1. The molecule has 1 amide bonds. The van der Waals surface area contributed by atoms with Crippen molar-refractivity contribution < 1.29 is 9.18 Å². The van der Waals surface area contributed by atoms with Crippen LogP contribution >= 0.6 is 11.3 Å². The van der Waals surface area contributed by atoms with E-state index in [1.807, 2.05) is 24.8 Å². The van der Waals surface area contributed by atoms with E-state index in [1.165, 1.54) is 17.4 Å². The van der Waals surface area contributed by atoms with E-state index in [0.29, 0.717) is 17.2 Å². The van der Waals surface area contributed by atoms with Crippen LogP contribution in [0.1, 0.15) is 17.0 Å². The molecule has 1 aliphatic rings. The molecule has 0 radical (unpaired) electrons. The topological polar surface area (TPSA) is 71.8 Å². The first-order valence-corrected chi connectivity index (χ1v) is 9.61. The quantitative estimate of drug-likeness (QED) is 0.724. The molecule has 3 aromatic rings. The second-order valence-corrected chi connectivity index (χ2v) is 7.67. The molecular formula is C19H20FN5OS. The number of carbonyl (C=O) groups is 1. The van der Waals surface area contributed by atoms with Gasteiger partial charge in [-0.15, -0.1) is 11.3 Å². The van der Waals surface area contributed by atoms with Gasteiger partial charge in [0, 0.05) is 43.2 Å². The zero-order valence-electron chi connectivity index (χ0n) is 15.1. The van der Waals surface area contributed by atoms with Gasteiger partial charge in [-0.3, -0.25) is 9.48 Å². The lowest BCUT2D eigenvalue weighted by Crippen LogP contribution is -2.28. The molecule has 0 saturated carbocycles. The molecule has 27 heavy (non-hydrogen) atoms. The van der Waals surface area contributed by atoms with Crippen LogP contribution in [0.25, 0.3) is 11.3 Å². The summed E-state index contributed by atoms with van der Waals surface area (Å²) in [4.78, 5) is 17.3. The van der Waals surface area contributed by atoms with E-state index in [4.69, 9.17) is 0 Å². The molecule has 6 nitrogen and oxygen atoms in total. The maximum Gasteiger partial charge on any atom is 0.231 e. The van der Waals surface area contributed by atoms with Crippen LogP contribution in [-0.4, -0.2) is 33.8 Å². The first kappa shape index (κ1) is 17.8. The van der Waals surface area contributed by atoms with Crippen LogP contribution in [0.5, 0.6) is 0 Å². The van der Waals surface area contributed by atoms with Crippen molar-refractivity contribution in [1.82, 2.24) is 20.1 Å². The fraction of sp³-hybridized carbons (Fsp3) is 0.316. The number of aryl methyl sites for hydroxylation is 2. The van der Waals surface area contributed by atoms with Crippen LogP contribution in [-0.2, 0) is 11.8 Å². The highest BCUT2D eigenvalue weighted by Gasteiger charge is 2.35. The number of aromatic nitrogens is 3. The third-order valence-electron chi connectivity index (χ3n) is 4.89. The van der Waals surface area contributed by atoms with Gasteiger partial charge in [0.15, 0.2) is 5.13 Å². The van der Waals surface area contributed by atoms with E-state index in [0.717, 1.165) is 23.4 Å². The molecular weight excluding hydrogens is 365 g/mol. The third-order valence-corrected chi connectivity index (χ3v) is 5.65. The van der Waals surface area contributed by atoms with Crippen molar-refractivity contribution in [2.24, 2.45) is 13.0 Å². The Kier molecular flexibility index (Phi) is 4.75. The fourth-order valence-corrected chi connectivity index (χ4v) is 4.12. The summed E-state index contributed by atoms with van der Waals surface area (Å²) >= 11 is 1.37. The van der Waals surface area contributed by atoms with Gasteiger partial charge in [0.25, 0.3) is 0 Å². The molecule has 1 aliphatic heterocycles. The minimum atomic E-state index is -0.238. The van der Waals surface area contributed by atoms with Crippen molar-refractivity contribution in [2.45, 2.75) is 12.8 Å². The Morgan fingerprint density at radius 3 is 3.00 bits per heavy atom. The minimum Gasteiger partial charge on any atom is -0.315 e. The molecule has 0 unspecified atom stereocenters. The molecule has 8 heteroatoms. The Morgan fingerprint density at radius 2 is 2.26 bits per heavy atom. The SMILES string of the molecule is Cc1cc(-c2csc(NC(=O)[C@H]3CNC[C@@H]3c3cnn(C)c3)n2)ccc1F. The molecule has 4 rings (SSSR count). The second kappa shape index (κ2) is 7.21. The monoisotopic (exact) mass is 385 g/mol. The van der Waals surface area contributed by atoms with Gasteiger partial charge in [-0.05, 0) is 36.2 Å². The first-order chi connectivity index (χ1) is 13.0. The van der Waals surface area contributed by atoms with Crippen molar-refractivity contribution in [3.05, 3.63) is 52.9 Å². The number of nitrogens with one attached hydrogen (secondary N) is 2. The number of rotatable bonds is 4. The van der Waals surface area contributed by atoms with E-state index in [2.05, 4.69) is 20.7 Å². The van der Waals surface area contributed by atoms with Gasteiger partial charge in [0.05, 0.1) is 17.8 Å². The molecule has 2 N–H and O–H groups in total. The second-order valence-electron chi connectivity index (χ2n) is 6.81. The number of nitrogens with zero attached hydrogens (tertiary/aromatic N) is 3. The number of halogens is 1. The van der Waals surface area contributed by atoms with E-state index in [-0.39, 0.29) is 23.6 Å². The highest BCUT2D eigenvalue weighted by Crippen LogP contribution is 2.30. The molecule has 3 heterocycles. The van der Waals surface area contributed by atoms with Gasteiger partial charge >= 0.3 is 0 Å². The molecule has 2 aromatic heterocycles. The molecule has 0 aliphatic carbocycles. The Morgan fingerprint density at radius 1 is 1.41 bits per heavy atom. The normalized spacial score (nSPS) is 19.4. The van der Waals surface area contributed by atoms with Gasteiger partial charge in [0.1, 0.15) is 5.82 Å². The number of thiazole rings is 1. The third kappa shape index (κ3) is 3.63. The van der Waals surface area contributed by atoms with Gasteiger partial charge in [-0.25, -0.2) is 9.37 Å². The number of amides is 1. The van der Waals surface area contributed by atoms with E-state index in [9.17, 15) is 9.18 Å². The fourth-order valence-electron chi connectivity index (χ4n) is 3.40. The molecule has 0 spiro atoms. The summed E-state index contributed by atoms with van der Waals surface area (Å²) in [7, 11) is 1.87. The van der Waals surface area contributed by atoms with Crippen LogP contribution < -0.4 is 10.6 Å². The minimum absolute atomic E-state index is 0.0509. The molecule has 1 fully saturated rings. The van der Waals surface area contributed by atoms with E-state index in [1.54, 1.807) is 23.7 Å². The van der Waals surface area contributed by atoms with Crippen LogP contribution in [0, 0.1) is 18.7 Å². The zero-order valence-corrected chi connectivity index (χ0v) is 15.9. The van der Waals surface area contributed by atoms with Crippen molar-refractivity contribution >= 4 is 22.4 Å². The van der Waals surface area contributed by atoms with Crippen LogP contribution in [0.2, 0.25) is 0 Å². The number of benzene rings is 1. The Balaban J connectivity index is 1.48. The highest BCUT2D eigenvalue weighted by molar-refractivity contribution is 7.14. The molecule has 140 valence electrons. The lowest BCUT2D eigenvalue weighted by atomic mass is 9.90. The van der Waals surface area contributed by atoms with E-state index >= 15 is 0 Å². The average Bonchev–Trinajstić information content (AvgIpc) is 3.37. The maximum atomic E-state index is 13.5. The average molecular weight is 385 g/mol. The molecule has 1 aromatic carbocycles. The predicted molar refractivity (Wildman–Crippen MR) is 103 cm³/mol. The largest absolute Gasteiger partial charge is 0.315 e. The lowest BCUT2D eigenvalue weighted by molar-refractivity contribution is -0.119. The summed E-state index contributed by atoms with van der Waals surface area (Å²) < 4.78 is 15.2. The van der Waals surface area contributed by atoms with Gasteiger partial charge in [-0.2, -0.15) is 5.10 Å². The van der Waals surface area contributed by atoms with Crippen molar-refractivity contribution in [3.8, 4) is 11.3 Å². The van der Waals surface area contributed by atoms with Gasteiger partial charge in [-0.1, -0.05) is 0 Å². The molecule has 1 saturated heterocycles. The lowest BCUT2D eigenvalue weighted by Gasteiger charge is -2.15. The Labute approximate surface area is 160 Å². The van der Waals surface area contributed by atoms with E-state index < -0.39 is 0 Å². The van der Waals surface area contributed by atoms with Crippen molar-refractivity contribution in [2.75, 3.05) is 18.4 Å². The highest BCUT2D eigenvalue weighted by atomic mass is 32.1. The predicted octanol–water partition coefficient (Wildman–Crippen LogP) is 2.93. The molecule has 0 bridgehead atoms. The van der Waals surface area contributed by atoms with Gasteiger partial charge < -0.3 is 10.6 Å². The van der Waals surface area contributed by atoms with Crippen LogP contribution in [0.4, 0.5) is 9.52 Å². The Hall–Kier alpha value is -2.58. The maximum absolute atomic E-state index is 13.5. The zero-order chi connectivity index (χ0) is 19.0. The summed E-state index contributed by atoms with van der Waals surface area (Å²) in [5.74, 6) is -0.366. The number of anilines is 1. The first-order valence-electron chi connectivity index (χ1n) is 8.73. The smallest absolute Gasteiger partial charge is 0.231 e. The summed E-state index contributed by atoms with van der Waals surface area (Å²) in [5.41, 5.74) is 3.19. The van der Waals surface area contributed by atoms with Gasteiger partial charge in [0.2, 0.25) is 5.91 Å². The summed E-state index contributed by atoms with van der Waals surface area (Å²) in [6.07, 6.45) is 3.77. The van der Waals surface area contributed by atoms with Crippen molar-refractivity contribution in [1.29, 1.82) is 0 Å².